The third kappa shape index (κ3) is 5.68. The van der Waals surface area contributed by atoms with E-state index in [0.29, 0.717) is 50.3 Å². The van der Waals surface area contributed by atoms with Gasteiger partial charge < -0.3 is 15.1 Å². The van der Waals surface area contributed by atoms with Gasteiger partial charge in [0, 0.05) is 60.9 Å². The van der Waals surface area contributed by atoms with Crippen LogP contribution in [0.2, 0.25) is 0 Å². The number of nitrogens with zero attached hydrogens (tertiary/aromatic N) is 3. The van der Waals surface area contributed by atoms with Crippen LogP contribution in [0.15, 0.2) is 57.9 Å². The highest BCUT2D eigenvalue weighted by Crippen LogP contribution is 2.26. The molecule has 34 heavy (non-hydrogen) atoms. The van der Waals surface area contributed by atoms with Crippen molar-refractivity contribution in [2.45, 2.75) is 17.7 Å². The van der Waals surface area contributed by atoms with E-state index in [1.165, 1.54) is 4.31 Å². The normalized spacial score (nSPS) is 18.6. The number of halogens is 1. The van der Waals surface area contributed by atoms with Crippen molar-refractivity contribution in [2.24, 2.45) is 5.92 Å². The van der Waals surface area contributed by atoms with E-state index in [-0.39, 0.29) is 22.6 Å². The van der Waals surface area contributed by atoms with Gasteiger partial charge >= 0.3 is 0 Å². The number of amides is 2. The van der Waals surface area contributed by atoms with Crippen LogP contribution < -0.4 is 5.32 Å². The first-order valence-electron chi connectivity index (χ1n) is 11.4. The van der Waals surface area contributed by atoms with E-state index in [0.717, 1.165) is 17.6 Å². The minimum Gasteiger partial charge on any atom is -0.336 e. The number of nitrogens with one attached hydrogen (secondary N) is 1. The first-order chi connectivity index (χ1) is 16.2. The zero-order valence-corrected chi connectivity index (χ0v) is 21.5. The maximum atomic E-state index is 12.9. The Morgan fingerprint density at radius 2 is 1.47 bits per heavy atom. The van der Waals surface area contributed by atoms with Gasteiger partial charge in [0.05, 0.1) is 4.90 Å². The van der Waals surface area contributed by atoms with Crippen molar-refractivity contribution in [3.05, 3.63) is 58.6 Å². The molecule has 182 valence electrons. The average Bonchev–Trinajstić information content (AvgIpc) is 2.85. The van der Waals surface area contributed by atoms with E-state index >= 15 is 0 Å². The molecule has 2 aliphatic heterocycles. The van der Waals surface area contributed by atoms with Crippen LogP contribution in [-0.2, 0) is 14.8 Å². The van der Waals surface area contributed by atoms with Gasteiger partial charge in [-0.05, 0) is 68.4 Å². The summed E-state index contributed by atoms with van der Waals surface area (Å²) in [5.41, 5.74) is 1.24. The summed E-state index contributed by atoms with van der Waals surface area (Å²) in [6.45, 7) is 3.75. The lowest BCUT2D eigenvalue weighted by atomic mass is 9.97. The van der Waals surface area contributed by atoms with Crippen LogP contribution in [0.5, 0.6) is 0 Å². The van der Waals surface area contributed by atoms with Gasteiger partial charge in [0.1, 0.15) is 0 Å². The number of likely N-dealkylation sites (N-methyl/N-ethyl adjacent to an activating group) is 1. The topological polar surface area (TPSA) is 90.0 Å². The fourth-order valence-corrected chi connectivity index (χ4v) is 5.98. The summed E-state index contributed by atoms with van der Waals surface area (Å²) in [6.07, 6.45) is 0.920. The van der Waals surface area contributed by atoms with Crippen molar-refractivity contribution in [3.63, 3.8) is 0 Å². The van der Waals surface area contributed by atoms with Crippen LogP contribution in [0, 0.1) is 5.92 Å². The summed E-state index contributed by atoms with van der Waals surface area (Å²) in [4.78, 5) is 29.7. The summed E-state index contributed by atoms with van der Waals surface area (Å²) in [5.74, 6) is -0.382. The lowest BCUT2D eigenvalue weighted by Gasteiger charge is -2.32. The predicted molar refractivity (Wildman–Crippen MR) is 134 cm³/mol. The third-order valence-corrected chi connectivity index (χ3v) is 8.91. The summed E-state index contributed by atoms with van der Waals surface area (Å²) in [7, 11) is -1.52. The SMILES string of the molecule is CN1CCN(C(=O)c2ccc(NC(=O)C3CCN(S(=O)(=O)c4ccc(Br)cc4)CC3)cc2)CC1. The molecule has 10 heteroatoms. The molecule has 2 fully saturated rings. The molecule has 8 nitrogen and oxygen atoms in total. The highest BCUT2D eigenvalue weighted by atomic mass is 79.9. The molecule has 2 aliphatic rings. The number of carbonyl (C=O) groups excluding carboxylic acids is 2. The minimum atomic E-state index is -3.57. The van der Waals surface area contributed by atoms with Gasteiger partial charge in [0.25, 0.3) is 5.91 Å². The largest absolute Gasteiger partial charge is 0.336 e. The standard InChI is InChI=1S/C24H29BrN4O4S/c1-27-14-16-28(17-15-27)24(31)19-2-6-21(7-3-19)26-23(30)18-10-12-29(13-11-18)34(32,33)22-8-4-20(25)5-9-22/h2-9,18H,10-17H2,1H3,(H,26,30). The number of hydrogen-bond acceptors (Lipinski definition) is 5. The Labute approximate surface area is 209 Å². The molecule has 0 atom stereocenters. The monoisotopic (exact) mass is 548 g/mol. The van der Waals surface area contributed by atoms with Crippen LogP contribution >= 0.6 is 15.9 Å². The number of anilines is 1. The first-order valence-corrected chi connectivity index (χ1v) is 13.6. The Kier molecular flexibility index (Phi) is 7.71. The minimum absolute atomic E-state index is 0.00494. The van der Waals surface area contributed by atoms with Crippen LogP contribution in [0.1, 0.15) is 23.2 Å². The average molecular weight is 549 g/mol. The Bertz CT molecular complexity index is 1120. The molecule has 0 aliphatic carbocycles. The van der Waals surface area contributed by atoms with Gasteiger partial charge in [0.2, 0.25) is 15.9 Å². The molecule has 0 aromatic heterocycles. The van der Waals surface area contributed by atoms with Crippen molar-refractivity contribution in [1.82, 2.24) is 14.1 Å². The van der Waals surface area contributed by atoms with Gasteiger partial charge in [-0.2, -0.15) is 4.31 Å². The summed E-state index contributed by atoms with van der Waals surface area (Å²) >= 11 is 3.32. The van der Waals surface area contributed by atoms with Crippen LogP contribution in [0.4, 0.5) is 5.69 Å². The van der Waals surface area contributed by atoms with Gasteiger partial charge in [-0.25, -0.2) is 8.42 Å². The van der Waals surface area contributed by atoms with Crippen LogP contribution in [-0.4, -0.2) is 80.7 Å². The molecule has 1 N–H and O–H groups in total. The van der Waals surface area contributed by atoms with Crippen molar-refractivity contribution < 1.29 is 18.0 Å². The second-order valence-corrected chi connectivity index (χ2v) is 11.6. The van der Waals surface area contributed by atoms with Crippen LogP contribution in [0.3, 0.4) is 0 Å². The lowest BCUT2D eigenvalue weighted by Crippen LogP contribution is -2.47. The van der Waals surface area contributed by atoms with E-state index in [1.54, 1.807) is 48.5 Å². The number of piperazine rings is 1. The van der Waals surface area contributed by atoms with Crippen molar-refractivity contribution in [1.29, 1.82) is 0 Å². The molecule has 0 spiro atoms. The number of benzene rings is 2. The molecule has 4 rings (SSSR count). The highest BCUT2D eigenvalue weighted by molar-refractivity contribution is 9.10. The van der Waals surface area contributed by atoms with E-state index in [4.69, 9.17) is 0 Å². The number of piperidine rings is 1. The molecule has 2 aromatic carbocycles. The molecule has 0 unspecified atom stereocenters. The van der Waals surface area contributed by atoms with Crippen molar-refractivity contribution in [2.75, 3.05) is 51.6 Å². The quantitative estimate of drug-likeness (QED) is 0.620. The Morgan fingerprint density at radius 1 is 0.882 bits per heavy atom. The highest BCUT2D eigenvalue weighted by Gasteiger charge is 2.32. The van der Waals surface area contributed by atoms with E-state index in [2.05, 4.69) is 26.1 Å². The fourth-order valence-electron chi connectivity index (χ4n) is 4.25. The molecule has 0 bridgehead atoms. The maximum absolute atomic E-state index is 12.9. The molecule has 0 saturated carbocycles. The Hall–Kier alpha value is -2.27. The van der Waals surface area contributed by atoms with Gasteiger partial charge in [-0.15, -0.1) is 0 Å². The molecule has 2 heterocycles. The van der Waals surface area contributed by atoms with Gasteiger partial charge in [-0.3, -0.25) is 9.59 Å². The van der Waals surface area contributed by atoms with Crippen molar-refractivity contribution >= 4 is 43.5 Å². The number of rotatable bonds is 5. The van der Waals surface area contributed by atoms with E-state index < -0.39 is 10.0 Å². The number of sulfonamides is 1. The van der Waals surface area contributed by atoms with Crippen molar-refractivity contribution in [3.8, 4) is 0 Å². The Morgan fingerprint density at radius 3 is 2.06 bits per heavy atom. The summed E-state index contributed by atoms with van der Waals surface area (Å²) in [5, 5.41) is 2.91. The summed E-state index contributed by atoms with van der Waals surface area (Å²) in [6, 6.07) is 13.5. The van der Waals surface area contributed by atoms with Crippen LogP contribution in [0.25, 0.3) is 0 Å². The predicted octanol–water partition coefficient (Wildman–Crippen LogP) is 2.88. The zero-order chi connectivity index (χ0) is 24.3. The molecule has 0 radical (unpaired) electrons. The Balaban J connectivity index is 1.30. The smallest absolute Gasteiger partial charge is 0.253 e. The van der Waals surface area contributed by atoms with Gasteiger partial charge in [-0.1, -0.05) is 15.9 Å². The number of hydrogen-bond donors (Lipinski definition) is 1. The summed E-state index contributed by atoms with van der Waals surface area (Å²) < 4.78 is 28.0. The molecule has 2 aromatic rings. The maximum Gasteiger partial charge on any atom is 0.253 e. The number of carbonyl (C=O) groups is 2. The zero-order valence-electron chi connectivity index (χ0n) is 19.1. The van der Waals surface area contributed by atoms with E-state index in [9.17, 15) is 18.0 Å². The lowest BCUT2D eigenvalue weighted by molar-refractivity contribution is -0.120. The molecular weight excluding hydrogens is 520 g/mol. The molecule has 2 saturated heterocycles. The fraction of sp³-hybridized carbons (Fsp3) is 0.417. The molecule has 2 amide bonds. The molecular formula is C24H29BrN4O4S. The second kappa shape index (κ2) is 10.6. The second-order valence-electron chi connectivity index (χ2n) is 8.79. The first kappa shape index (κ1) is 24.8. The van der Waals surface area contributed by atoms with Gasteiger partial charge in [0.15, 0.2) is 0 Å². The third-order valence-electron chi connectivity index (χ3n) is 6.47. The van der Waals surface area contributed by atoms with E-state index in [1.807, 2.05) is 11.9 Å².